The number of amides is 1. The zero-order valence-electron chi connectivity index (χ0n) is 11.8. The summed E-state index contributed by atoms with van der Waals surface area (Å²) in [6.07, 6.45) is 3.69. The topological polar surface area (TPSA) is 54.5 Å². The number of hydrogen-bond donors (Lipinski definition) is 0. The van der Waals surface area contributed by atoms with Gasteiger partial charge < -0.3 is 4.90 Å². The van der Waals surface area contributed by atoms with Gasteiger partial charge in [0.2, 0.25) is 5.91 Å². The lowest BCUT2D eigenvalue weighted by Gasteiger charge is -2.22. The van der Waals surface area contributed by atoms with Gasteiger partial charge in [-0.3, -0.25) is 14.4 Å². The molecule has 0 spiro atoms. The Hall–Kier alpha value is -0.840. The molecular formula is C14H23NO3S. The van der Waals surface area contributed by atoms with Gasteiger partial charge in [-0.05, 0) is 38.9 Å². The van der Waals surface area contributed by atoms with Crippen LogP contribution in [0.3, 0.4) is 0 Å². The van der Waals surface area contributed by atoms with Crippen molar-refractivity contribution >= 4 is 29.2 Å². The summed E-state index contributed by atoms with van der Waals surface area (Å²) in [6.45, 7) is 3.88. The fraction of sp³-hybridized carbons (Fsp3) is 0.786. The number of nitrogens with zero attached hydrogens (tertiary/aromatic N) is 1. The molecule has 1 aliphatic heterocycles. The van der Waals surface area contributed by atoms with Gasteiger partial charge >= 0.3 is 0 Å². The van der Waals surface area contributed by atoms with E-state index in [0.29, 0.717) is 12.8 Å². The normalized spacial score (nSPS) is 18.6. The molecule has 1 amide bonds. The molecule has 1 atom stereocenters. The van der Waals surface area contributed by atoms with Gasteiger partial charge in [-0.25, -0.2) is 0 Å². The quantitative estimate of drug-likeness (QED) is 0.641. The van der Waals surface area contributed by atoms with Crippen molar-refractivity contribution in [2.75, 3.05) is 18.1 Å². The van der Waals surface area contributed by atoms with E-state index in [1.54, 1.807) is 30.5 Å². The van der Waals surface area contributed by atoms with Crippen LogP contribution in [-0.4, -0.2) is 46.5 Å². The van der Waals surface area contributed by atoms with Crippen LogP contribution >= 0.6 is 11.8 Å². The average molecular weight is 285 g/mol. The molecule has 19 heavy (non-hydrogen) atoms. The number of carbonyl (C=O) groups is 3. The molecule has 0 aromatic carbocycles. The second-order valence-corrected chi connectivity index (χ2v) is 6.25. The number of likely N-dealkylation sites (tertiary alicyclic amines) is 1. The third-order valence-electron chi connectivity index (χ3n) is 3.32. The highest BCUT2D eigenvalue weighted by Crippen LogP contribution is 2.19. The average Bonchev–Trinajstić information content (AvgIpc) is 2.82. The van der Waals surface area contributed by atoms with E-state index in [4.69, 9.17) is 0 Å². The SMILES string of the molecule is CC(=O)CCSCCCC(=O)N1CCC[C@H]1C(C)=O. The van der Waals surface area contributed by atoms with Crippen molar-refractivity contribution in [3.63, 3.8) is 0 Å². The summed E-state index contributed by atoms with van der Waals surface area (Å²) in [4.78, 5) is 35.9. The molecule has 0 N–H and O–H groups in total. The molecule has 0 aromatic rings. The van der Waals surface area contributed by atoms with Gasteiger partial charge in [-0.15, -0.1) is 0 Å². The van der Waals surface area contributed by atoms with Crippen molar-refractivity contribution in [3.05, 3.63) is 0 Å². The van der Waals surface area contributed by atoms with Crippen LogP contribution in [0.1, 0.15) is 46.0 Å². The predicted molar refractivity (Wildman–Crippen MR) is 77.3 cm³/mol. The Labute approximate surface area is 119 Å². The number of hydrogen-bond acceptors (Lipinski definition) is 4. The lowest BCUT2D eigenvalue weighted by molar-refractivity contribution is -0.136. The fourth-order valence-electron chi connectivity index (χ4n) is 2.27. The minimum atomic E-state index is -0.183. The van der Waals surface area contributed by atoms with Crippen LogP contribution in [0.4, 0.5) is 0 Å². The van der Waals surface area contributed by atoms with E-state index in [1.807, 2.05) is 0 Å². The highest BCUT2D eigenvalue weighted by Gasteiger charge is 2.31. The Balaban J connectivity index is 2.17. The van der Waals surface area contributed by atoms with Crippen LogP contribution in [-0.2, 0) is 14.4 Å². The summed E-state index contributed by atoms with van der Waals surface area (Å²) < 4.78 is 0. The molecule has 1 rings (SSSR count). The lowest BCUT2D eigenvalue weighted by atomic mass is 10.1. The fourth-order valence-corrected chi connectivity index (χ4v) is 3.26. The van der Waals surface area contributed by atoms with Crippen molar-refractivity contribution in [1.29, 1.82) is 0 Å². The van der Waals surface area contributed by atoms with Gasteiger partial charge in [0.1, 0.15) is 5.78 Å². The molecular weight excluding hydrogens is 262 g/mol. The Kier molecular flexibility index (Phi) is 7.13. The molecule has 1 saturated heterocycles. The molecule has 0 aromatic heterocycles. The highest BCUT2D eigenvalue weighted by atomic mass is 32.2. The first-order valence-electron chi connectivity index (χ1n) is 6.89. The third kappa shape index (κ3) is 5.76. The van der Waals surface area contributed by atoms with Gasteiger partial charge in [-0.1, -0.05) is 0 Å². The third-order valence-corrected chi connectivity index (χ3v) is 4.39. The molecule has 5 heteroatoms. The van der Waals surface area contributed by atoms with Crippen molar-refractivity contribution in [3.8, 4) is 0 Å². The number of carbonyl (C=O) groups excluding carboxylic acids is 3. The molecule has 0 saturated carbocycles. The van der Waals surface area contributed by atoms with E-state index < -0.39 is 0 Å². The van der Waals surface area contributed by atoms with Gasteiger partial charge in [-0.2, -0.15) is 11.8 Å². The van der Waals surface area contributed by atoms with Crippen LogP contribution in [0.5, 0.6) is 0 Å². The van der Waals surface area contributed by atoms with Gasteiger partial charge in [0.05, 0.1) is 6.04 Å². The molecule has 0 unspecified atom stereocenters. The predicted octanol–water partition coefficient (Wildman–Crippen LogP) is 2.06. The summed E-state index contributed by atoms with van der Waals surface area (Å²) in [5, 5.41) is 0. The first-order valence-corrected chi connectivity index (χ1v) is 8.05. The number of thioether (sulfide) groups is 1. The van der Waals surface area contributed by atoms with Crippen molar-refractivity contribution in [1.82, 2.24) is 4.90 Å². The Morgan fingerprint density at radius 2 is 1.89 bits per heavy atom. The van der Waals surface area contributed by atoms with Crippen LogP contribution in [0.2, 0.25) is 0 Å². The molecule has 108 valence electrons. The van der Waals surface area contributed by atoms with Crippen molar-refractivity contribution in [2.24, 2.45) is 0 Å². The molecule has 1 fully saturated rings. The summed E-state index contributed by atoms with van der Waals surface area (Å²) in [5.74, 6) is 2.15. The van der Waals surface area contributed by atoms with Crippen molar-refractivity contribution < 1.29 is 14.4 Å². The van der Waals surface area contributed by atoms with Crippen LogP contribution in [0.15, 0.2) is 0 Å². The Bertz CT molecular complexity index is 344. The maximum Gasteiger partial charge on any atom is 0.223 e. The van der Waals surface area contributed by atoms with E-state index in [-0.39, 0.29) is 23.5 Å². The van der Waals surface area contributed by atoms with E-state index >= 15 is 0 Å². The molecule has 0 aliphatic carbocycles. The summed E-state index contributed by atoms with van der Waals surface area (Å²) in [7, 11) is 0. The van der Waals surface area contributed by atoms with E-state index in [2.05, 4.69) is 0 Å². The van der Waals surface area contributed by atoms with E-state index in [9.17, 15) is 14.4 Å². The van der Waals surface area contributed by atoms with Crippen molar-refractivity contribution in [2.45, 2.75) is 52.0 Å². The van der Waals surface area contributed by atoms with Gasteiger partial charge in [0.25, 0.3) is 0 Å². The second-order valence-electron chi connectivity index (χ2n) is 5.02. The highest BCUT2D eigenvalue weighted by molar-refractivity contribution is 7.99. The number of rotatable bonds is 8. The minimum Gasteiger partial charge on any atom is -0.333 e. The number of ketones is 2. The largest absolute Gasteiger partial charge is 0.333 e. The first-order chi connectivity index (χ1) is 9.02. The zero-order valence-corrected chi connectivity index (χ0v) is 12.6. The summed E-state index contributed by atoms with van der Waals surface area (Å²) in [5.41, 5.74) is 0. The maximum atomic E-state index is 12.0. The zero-order chi connectivity index (χ0) is 14.3. The molecule has 4 nitrogen and oxygen atoms in total. The van der Waals surface area contributed by atoms with Gasteiger partial charge in [0.15, 0.2) is 5.78 Å². The van der Waals surface area contributed by atoms with Crippen LogP contribution < -0.4 is 0 Å². The standard InChI is InChI=1S/C14H23NO3S/c1-11(16)7-10-19-9-4-6-14(18)15-8-3-5-13(15)12(2)17/h13H,3-10H2,1-2H3/t13-/m0/s1. The summed E-state index contributed by atoms with van der Waals surface area (Å²) >= 11 is 1.71. The van der Waals surface area contributed by atoms with Gasteiger partial charge in [0, 0.05) is 25.1 Å². The molecule has 0 bridgehead atoms. The second kappa shape index (κ2) is 8.35. The molecule has 0 radical (unpaired) electrons. The van der Waals surface area contributed by atoms with Crippen LogP contribution in [0, 0.1) is 0 Å². The molecule has 1 aliphatic rings. The lowest BCUT2D eigenvalue weighted by Crippen LogP contribution is -2.39. The Morgan fingerprint density at radius 3 is 2.53 bits per heavy atom. The molecule has 1 heterocycles. The van der Waals surface area contributed by atoms with E-state index in [0.717, 1.165) is 37.3 Å². The number of Topliss-reactive ketones (excluding diaryl/α,β-unsaturated/α-hetero) is 2. The summed E-state index contributed by atoms with van der Waals surface area (Å²) in [6, 6.07) is -0.183. The van der Waals surface area contributed by atoms with Crippen LogP contribution in [0.25, 0.3) is 0 Å². The maximum absolute atomic E-state index is 12.0. The smallest absolute Gasteiger partial charge is 0.223 e. The van der Waals surface area contributed by atoms with E-state index in [1.165, 1.54) is 0 Å². The minimum absolute atomic E-state index is 0.0988. The first kappa shape index (κ1) is 16.2. The Morgan fingerprint density at radius 1 is 1.16 bits per heavy atom. The monoisotopic (exact) mass is 285 g/mol.